The van der Waals surface area contributed by atoms with Crippen LogP contribution >= 0.6 is 0 Å². The molecule has 0 bridgehead atoms. The number of rotatable bonds is 7. The molecule has 2 heterocycles. The molecular formula is C29H32BN3O4. The van der Waals surface area contributed by atoms with Gasteiger partial charge in [-0.25, -0.2) is 0 Å². The van der Waals surface area contributed by atoms with Crippen molar-refractivity contribution in [3.63, 3.8) is 0 Å². The fourth-order valence-corrected chi connectivity index (χ4v) is 4.42. The second-order valence-corrected chi connectivity index (χ2v) is 10.2. The third kappa shape index (κ3) is 4.87. The van der Waals surface area contributed by atoms with Crippen LogP contribution in [-0.4, -0.2) is 42.7 Å². The first-order valence-electron chi connectivity index (χ1n) is 12.4. The smallest absolute Gasteiger partial charge is 0.494 e. The van der Waals surface area contributed by atoms with Gasteiger partial charge in [-0.15, -0.1) is 5.10 Å². The minimum Gasteiger partial charge on any atom is -0.497 e. The van der Waals surface area contributed by atoms with Crippen LogP contribution < -0.4 is 20.3 Å². The molecule has 3 aromatic carbocycles. The van der Waals surface area contributed by atoms with E-state index in [1.165, 1.54) is 0 Å². The van der Waals surface area contributed by atoms with Crippen LogP contribution in [0.3, 0.4) is 0 Å². The molecule has 0 aliphatic carbocycles. The zero-order valence-electron chi connectivity index (χ0n) is 22.2. The van der Waals surface area contributed by atoms with Crippen LogP contribution in [0.4, 0.5) is 5.82 Å². The Morgan fingerprint density at radius 2 is 1.62 bits per heavy atom. The van der Waals surface area contributed by atoms with E-state index in [1.807, 2.05) is 30.3 Å². The molecule has 0 radical (unpaired) electrons. The molecule has 1 aliphatic rings. The van der Waals surface area contributed by atoms with Crippen molar-refractivity contribution in [2.45, 2.75) is 45.4 Å². The molecule has 1 N–H and O–H groups in total. The lowest BCUT2D eigenvalue weighted by Gasteiger charge is -2.32. The van der Waals surface area contributed by atoms with Crippen LogP contribution in [0.5, 0.6) is 11.5 Å². The van der Waals surface area contributed by atoms with Crippen LogP contribution in [0.2, 0.25) is 0 Å². The maximum absolute atomic E-state index is 6.26. The van der Waals surface area contributed by atoms with E-state index in [-0.39, 0.29) is 11.2 Å². The third-order valence-electron chi connectivity index (χ3n) is 7.35. The van der Waals surface area contributed by atoms with Gasteiger partial charge in [-0.2, -0.15) is 5.10 Å². The van der Waals surface area contributed by atoms with Crippen molar-refractivity contribution < 1.29 is 18.8 Å². The Hall–Kier alpha value is -3.62. The molecule has 1 fully saturated rings. The van der Waals surface area contributed by atoms with E-state index >= 15 is 0 Å². The molecule has 0 spiro atoms. The number of aromatic nitrogens is 2. The predicted octanol–water partition coefficient (Wildman–Crippen LogP) is 5.23. The highest BCUT2D eigenvalue weighted by Crippen LogP contribution is 2.37. The summed E-state index contributed by atoms with van der Waals surface area (Å²) in [5.41, 5.74) is 3.41. The lowest BCUT2D eigenvalue weighted by molar-refractivity contribution is 0.00578. The predicted molar refractivity (Wildman–Crippen MR) is 148 cm³/mol. The Balaban J connectivity index is 1.39. The average molecular weight is 497 g/mol. The molecular weight excluding hydrogens is 465 g/mol. The van der Waals surface area contributed by atoms with Gasteiger partial charge in [0, 0.05) is 28.9 Å². The summed E-state index contributed by atoms with van der Waals surface area (Å²) in [6.07, 6.45) is 1.79. The van der Waals surface area contributed by atoms with E-state index in [4.69, 9.17) is 18.8 Å². The summed E-state index contributed by atoms with van der Waals surface area (Å²) in [6, 6.07) is 20.4. The van der Waals surface area contributed by atoms with E-state index in [1.54, 1.807) is 20.4 Å². The topological polar surface area (TPSA) is 74.7 Å². The standard InChI is InChI=1S/C29H32BN3O4/c1-28(2)29(3,4)37-30(36-28)23-9-7-8-19(15-23)20-11-13-25-22(14-20)18-32-33-27(25)31-17-21-10-12-24(34-5)16-26(21)35-6/h7-16,18H,17H2,1-6H3,(H,31,33). The summed E-state index contributed by atoms with van der Waals surface area (Å²) in [5.74, 6) is 2.22. The van der Waals surface area contributed by atoms with E-state index in [9.17, 15) is 0 Å². The summed E-state index contributed by atoms with van der Waals surface area (Å²) < 4.78 is 23.3. The van der Waals surface area contributed by atoms with Gasteiger partial charge in [0.05, 0.1) is 31.6 Å². The van der Waals surface area contributed by atoms with Crippen LogP contribution in [0.25, 0.3) is 21.9 Å². The highest BCUT2D eigenvalue weighted by Gasteiger charge is 2.51. The summed E-state index contributed by atoms with van der Waals surface area (Å²) in [7, 11) is 2.89. The maximum atomic E-state index is 6.26. The molecule has 0 atom stereocenters. The first-order chi connectivity index (χ1) is 17.7. The normalized spacial score (nSPS) is 16.1. The fraction of sp³-hybridized carbons (Fsp3) is 0.310. The number of anilines is 1. The third-order valence-corrected chi connectivity index (χ3v) is 7.35. The average Bonchev–Trinajstić information content (AvgIpc) is 3.13. The molecule has 1 aliphatic heterocycles. The number of benzene rings is 3. The summed E-state index contributed by atoms with van der Waals surface area (Å²) in [4.78, 5) is 0. The number of nitrogens with one attached hydrogen (secondary N) is 1. The van der Waals surface area contributed by atoms with Crippen molar-refractivity contribution in [2.75, 3.05) is 19.5 Å². The van der Waals surface area contributed by atoms with Crippen LogP contribution in [-0.2, 0) is 15.9 Å². The molecule has 7 nitrogen and oxygen atoms in total. The number of hydrogen-bond acceptors (Lipinski definition) is 7. The zero-order chi connectivity index (χ0) is 26.2. The Morgan fingerprint density at radius 3 is 2.35 bits per heavy atom. The molecule has 37 heavy (non-hydrogen) atoms. The highest BCUT2D eigenvalue weighted by molar-refractivity contribution is 6.62. The van der Waals surface area contributed by atoms with E-state index < -0.39 is 7.12 Å². The van der Waals surface area contributed by atoms with Crippen LogP contribution in [0, 0.1) is 0 Å². The van der Waals surface area contributed by atoms with Gasteiger partial charge in [-0.1, -0.05) is 30.3 Å². The number of hydrogen-bond donors (Lipinski definition) is 1. The molecule has 0 saturated carbocycles. The number of nitrogens with zero attached hydrogens (tertiary/aromatic N) is 2. The first kappa shape index (κ1) is 25.1. The van der Waals surface area contributed by atoms with Gasteiger partial charge in [0.1, 0.15) is 11.5 Å². The molecule has 0 amide bonds. The Labute approximate surface area is 218 Å². The number of ether oxygens (including phenoxy) is 2. The minimum atomic E-state index is -0.401. The van der Waals surface area contributed by atoms with Crippen molar-refractivity contribution in [2.24, 2.45) is 0 Å². The molecule has 5 rings (SSSR count). The second kappa shape index (κ2) is 9.69. The van der Waals surface area contributed by atoms with Gasteiger partial charge in [-0.3, -0.25) is 0 Å². The van der Waals surface area contributed by atoms with Gasteiger partial charge in [0.15, 0.2) is 5.82 Å². The zero-order valence-corrected chi connectivity index (χ0v) is 22.2. The van der Waals surface area contributed by atoms with E-state index in [0.29, 0.717) is 12.4 Å². The fourth-order valence-electron chi connectivity index (χ4n) is 4.42. The highest BCUT2D eigenvalue weighted by atomic mass is 16.7. The van der Waals surface area contributed by atoms with Crippen LogP contribution in [0.15, 0.2) is 66.9 Å². The Kier molecular flexibility index (Phi) is 6.56. The Morgan fingerprint density at radius 1 is 0.865 bits per heavy atom. The largest absolute Gasteiger partial charge is 0.497 e. The van der Waals surface area contributed by atoms with Crippen molar-refractivity contribution >= 4 is 29.2 Å². The van der Waals surface area contributed by atoms with Gasteiger partial charge in [0.25, 0.3) is 0 Å². The quantitative estimate of drug-likeness (QED) is 0.351. The summed E-state index contributed by atoms with van der Waals surface area (Å²) in [5, 5.41) is 14.0. The molecule has 0 unspecified atom stereocenters. The molecule has 4 aromatic rings. The molecule has 1 aromatic heterocycles. The second-order valence-electron chi connectivity index (χ2n) is 10.2. The first-order valence-corrected chi connectivity index (χ1v) is 12.4. The van der Waals surface area contributed by atoms with Gasteiger partial charge < -0.3 is 24.1 Å². The lowest BCUT2D eigenvalue weighted by atomic mass is 9.78. The van der Waals surface area contributed by atoms with Crippen molar-refractivity contribution in [1.29, 1.82) is 0 Å². The van der Waals surface area contributed by atoms with Gasteiger partial charge in [-0.05, 0) is 68.6 Å². The molecule has 8 heteroatoms. The Bertz CT molecular complexity index is 1420. The van der Waals surface area contributed by atoms with Crippen molar-refractivity contribution in [1.82, 2.24) is 10.2 Å². The minimum absolute atomic E-state index is 0.380. The maximum Gasteiger partial charge on any atom is 0.494 e. The van der Waals surface area contributed by atoms with Gasteiger partial charge >= 0.3 is 7.12 Å². The summed E-state index contributed by atoms with van der Waals surface area (Å²) in [6.45, 7) is 8.81. The monoisotopic (exact) mass is 497 g/mol. The number of methoxy groups -OCH3 is 2. The van der Waals surface area contributed by atoms with Crippen LogP contribution in [0.1, 0.15) is 33.3 Å². The lowest BCUT2D eigenvalue weighted by Crippen LogP contribution is -2.41. The van der Waals surface area contributed by atoms with Crippen molar-refractivity contribution in [3.8, 4) is 22.6 Å². The van der Waals surface area contributed by atoms with Crippen molar-refractivity contribution in [3.05, 3.63) is 72.4 Å². The molecule has 190 valence electrons. The van der Waals surface area contributed by atoms with E-state index in [2.05, 4.69) is 73.5 Å². The van der Waals surface area contributed by atoms with Gasteiger partial charge in [0.2, 0.25) is 0 Å². The number of fused-ring (bicyclic) bond motifs is 1. The van der Waals surface area contributed by atoms with E-state index in [0.717, 1.165) is 44.4 Å². The SMILES string of the molecule is COc1ccc(CNc2nncc3cc(-c4cccc(B5OC(C)(C)C(C)(C)O5)c4)ccc23)c(OC)c1. The summed E-state index contributed by atoms with van der Waals surface area (Å²) >= 11 is 0. The molecule has 1 saturated heterocycles.